The van der Waals surface area contributed by atoms with Crippen LogP contribution in [0.2, 0.25) is 0 Å². The highest BCUT2D eigenvalue weighted by molar-refractivity contribution is 9.10. The number of halogens is 1. The zero-order chi connectivity index (χ0) is 11.4. The summed E-state index contributed by atoms with van der Waals surface area (Å²) in [6, 6.07) is 8.08. The van der Waals surface area contributed by atoms with Crippen LogP contribution in [0, 0.1) is 0 Å². The highest BCUT2D eigenvalue weighted by Crippen LogP contribution is 2.21. The van der Waals surface area contributed by atoms with Gasteiger partial charge < -0.3 is 5.32 Å². The molecule has 0 fully saturated rings. The molecule has 0 unspecified atom stereocenters. The maximum Gasteiger partial charge on any atom is 0.222 e. The predicted molar refractivity (Wildman–Crippen MR) is 69.3 cm³/mol. The first-order chi connectivity index (χ1) is 7.79. The lowest BCUT2D eigenvalue weighted by molar-refractivity contribution is 1.09. The molecule has 0 radical (unpaired) electrons. The maximum atomic E-state index is 4.24. The van der Waals surface area contributed by atoms with Crippen molar-refractivity contribution in [2.45, 2.75) is 6.92 Å². The molecule has 1 aromatic heterocycles. The summed E-state index contributed by atoms with van der Waals surface area (Å²) >= 11 is 3.45. The molecule has 3 nitrogen and oxygen atoms in total. The molecule has 0 aliphatic carbocycles. The molecule has 1 aromatic carbocycles. The molecule has 0 spiro atoms. The number of nitrogens with one attached hydrogen (secondary N) is 1. The van der Waals surface area contributed by atoms with E-state index < -0.39 is 0 Å². The Labute approximate surface area is 103 Å². The number of rotatable bonds is 3. The Morgan fingerprint density at radius 3 is 2.56 bits per heavy atom. The van der Waals surface area contributed by atoms with Crippen molar-refractivity contribution in [3.63, 3.8) is 0 Å². The van der Waals surface area contributed by atoms with Gasteiger partial charge in [0, 0.05) is 29.0 Å². The fourth-order valence-electron chi connectivity index (χ4n) is 1.39. The molecule has 0 amide bonds. The normalized spacial score (nSPS) is 10.1. The van der Waals surface area contributed by atoms with Gasteiger partial charge in [0.05, 0.1) is 0 Å². The molecule has 0 saturated heterocycles. The van der Waals surface area contributed by atoms with Crippen molar-refractivity contribution in [2.24, 2.45) is 0 Å². The molecule has 0 bridgehead atoms. The molecular formula is C12H12BrN3. The first kappa shape index (κ1) is 11.1. The number of aromatic nitrogens is 2. The van der Waals surface area contributed by atoms with Crippen LogP contribution in [0.1, 0.15) is 6.92 Å². The average molecular weight is 278 g/mol. The fourth-order valence-corrected chi connectivity index (χ4v) is 1.79. The van der Waals surface area contributed by atoms with Gasteiger partial charge in [-0.2, -0.15) is 0 Å². The van der Waals surface area contributed by atoms with Crippen LogP contribution in [-0.2, 0) is 0 Å². The van der Waals surface area contributed by atoms with Gasteiger partial charge in [-0.05, 0) is 24.6 Å². The average Bonchev–Trinajstić information content (AvgIpc) is 2.30. The Hall–Kier alpha value is -1.42. The van der Waals surface area contributed by atoms with E-state index in [2.05, 4.69) is 31.2 Å². The van der Waals surface area contributed by atoms with E-state index in [0.717, 1.165) is 22.1 Å². The SMILES string of the molecule is CCNc1ncc(-c2cccc(Br)c2)cn1. The number of anilines is 1. The molecule has 0 aliphatic rings. The molecule has 2 rings (SSSR count). The lowest BCUT2D eigenvalue weighted by atomic mass is 10.1. The van der Waals surface area contributed by atoms with Crippen LogP contribution in [0.5, 0.6) is 0 Å². The van der Waals surface area contributed by atoms with Crippen LogP contribution in [0.3, 0.4) is 0 Å². The summed E-state index contributed by atoms with van der Waals surface area (Å²) in [6.45, 7) is 2.85. The highest BCUT2D eigenvalue weighted by Gasteiger charge is 2.00. The standard InChI is InChI=1S/C12H12BrN3/c1-2-14-12-15-7-10(8-16-12)9-4-3-5-11(13)6-9/h3-8H,2H2,1H3,(H,14,15,16). The molecule has 1 N–H and O–H groups in total. The molecular weight excluding hydrogens is 266 g/mol. The Morgan fingerprint density at radius 1 is 1.19 bits per heavy atom. The van der Waals surface area contributed by atoms with Gasteiger partial charge in [0.1, 0.15) is 0 Å². The smallest absolute Gasteiger partial charge is 0.222 e. The van der Waals surface area contributed by atoms with Gasteiger partial charge in [-0.25, -0.2) is 9.97 Å². The summed E-state index contributed by atoms with van der Waals surface area (Å²) in [4.78, 5) is 8.47. The van der Waals surface area contributed by atoms with Crippen LogP contribution in [0.25, 0.3) is 11.1 Å². The van der Waals surface area contributed by atoms with E-state index in [1.165, 1.54) is 0 Å². The summed E-state index contributed by atoms with van der Waals surface area (Å²) in [5.41, 5.74) is 2.13. The molecule has 82 valence electrons. The Balaban J connectivity index is 2.27. The van der Waals surface area contributed by atoms with Gasteiger partial charge >= 0.3 is 0 Å². The largest absolute Gasteiger partial charge is 0.355 e. The van der Waals surface area contributed by atoms with Crippen LogP contribution >= 0.6 is 15.9 Å². The third-order valence-corrected chi connectivity index (χ3v) is 2.64. The molecule has 0 atom stereocenters. The number of benzene rings is 1. The van der Waals surface area contributed by atoms with Crippen molar-refractivity contribution in [3.8, 4) is 11.1 Å². The van der Waals surface area contributed by atoms with E-state index in [1.54, 1.807) is 0 Å². The van der Waals surface area contributed by atoms with E-state index in [1.807, 2.05) is 43.6 Å². The number of hydrogen-bond donors (Lipinski definition) is 1. The first-order valence-electron chi connectivity index (χ1n) is 5.11. The summed E-state index contributed by atoms with van der Waals surface area (Å²) < 4.78 is 1.06. The molecule has 1 heterocycles. The summed E-state index contributed by atoms with van der Waals surface area (Å²) in [6.07, 6.45) is 3.65. The molecule has 0 saturated carbocycles. The second-order valence-electron chi connectivity index (χ2n) is 3.34. The van der Waals surface area contributed by atoms with Crippen LogP contribution in [0.15, 0.2) is 41.1 Å². The minimum atomic E-state index is 0.668. The third kappa shape index (κ3) is 2.58. The molecule has 2 aromatic rings. The van der Waals surface area contributed by atoms with Gasteiger partial charge in [0.2, 0.25) is 5.95 Å². The van der Waals surface area contributed by atoms with E-state index >= 15 is 0 Å². The van der Waals surface area contributed by atoms with Gasteiger partial charge in [0.25, 0.3) is 0 Å². The van der Waals surface area contributed by atoms with Gasteiger partial charge in [-0.1, -0.05) is 28.1 Å². The van der Waals surface area contributed by atoms with Crippen molar-refractivity contribution in [2.75, 3.05) is 11.9 Å². The van der Waals surface area contributed by atoms with Crippen molar-refractivity contribution in [1.29, 1.82) is 0 Å². The second kappa shape index (κ2) is 5.07. The zero-order valence-corrected chi connectivity index (χ0v) is 10.5. The molecule has 0 aliphatic heterocycles. The Kier molecular flexibility index (Phi) is 3.51. The van der Waals surface area contributed by atoms with Crippen molar-refractivity contribution in [3.05, 3.63) is 41.1 Å². The van der Waals surface area contributed by atoms with Crippen LogP contribution in [-0.4, -0.2) is 16.5 Å². The lowest BCUT2D eigenvalue weighted by Crippen LogP contribution is -2.01. The summed E-state index contributed by atoms with van der Waals surface area (Å²) in [5.74, 6) is 0.668. The van der Waals surface area contributed by atoms with Crippen molar-refractivity contribution in [1.82, 2.24) is 9.97 Å². The van der Waals surface area contributed by atoms with E-state index in [0.29, 0.717) is 5.95 Å². The quantitative estimate of drug-likeness (QED) is 0.935. The van der Waals surface area contributed by atoms with Gasteiger partial charge in [0.15, 0.2) is 0 Å². The van der Waals surface area contributed by atoms with Crippen molar-refractivity contribution >= 4 is 21.9 Å². The topological polar surface area (TPSA) is 37.8 Å². The number of hydrogen-bond acceptors (Lipinski definition) is 3. The summed E-state index contributed by atoms with van der Waals surface area (Å²) in [7, 11) is 0. The van der Waals surface area contributed by atoms with Crippen LogP contribution in [0.4, 0.5) is 5.95 Å². The third-order valence-electron chi connectivity index (χ3n) is 2.14. The zero-order valence-electron chi connectivity index (χ0n) is 8.94. The minimum Gasteiger partial charge on any atom is -0.355 e. The van der Waals surface area contributed by atoms with Gasteiger partial charge in [-0.15, -0.1) is 0 Å². The minimum absolute atomic E-state index is 0.668. The first-order valence-corrected chi connectivity index (χ1v) is 5.90. The molecule has 4 heteroatoms. The Morgan fingerprint density at radius 2 is 1.94 bits per heavy atom. The molecule has 16 heavy (non-hydrogen) atoms. The number of nitrogens with zero attached hydrogens (tertiary/aromatic N) is 2. The second-order valence-corrected chi connectivity index (χ2v) is 4.25. The predicted octanol–water partition coefficient (Wildman–Crippen LogP) is 3.34. The lowest BCUT2D eigenvalue weighted by Gasteiger charge is -2.03. The van der Waals surface area contributed by atoms with E-state index in [4.69, 9.17) is 0 Å². The summed E-state index contributed by atoms with van der Waals surface area (Å²) in [5, 5.41) is 3.07. The monoisotopic (exact) mass is 277 g/mol. The van der Waals surface area contributed by atoms with E-state index in [9.17, 15) is 0 Å². The van der Waals surface area contributed by atoms with Gasteiger partial charge in [-0.3, -0.25) is 0 Å². The van der Waals surface area contributed by atoms with E-state index in [-0.39, 0.29) is 0 Å². The highest BCUT2D eigenvalue weighted by atomic mass is 79.9. The fraction of sp³-hybridized carbons (Fsp3) is 0.167. The van der Waals surface area contributed by atoms with Crippen molar-refractivity contribution < 1.29 is 0 Å². The maximum absolute atomic E-state index is 4.24. The Bertz CT molecular complexity index is 468. The van der Waals surface area contributed by atoms with Crippen LogP contribution < -0.4 is 5.32 Å².